The highest BCUT2D eigenvalue weighted by molar-refractivity contribution is 7.87. The van der Waals surface area contributed by atoms with Gasteiger partial charge < -0.3 is 0 Å². The molecule has 2 N–H and O–H groups in total. The van der Waals surface area contributed by atoms with Crippen molar-refractivity contribution in [2.45, 2.75) is 13.8 Å². The zero-order valence-electron chi connectivity index (χ0n) is 5.64. The van der Waals surface area contributed by atoms with Crippen molar-refractivity contribution < 1.29 is 8.42 Å². The molecule has 1 rings (SSSR count). The van der Waals surface area contributed by atoms with Gasteiger partial charge in [-0.25, -0.2) is 9.44 Å². The van der Waals surface area contributed by atoms with E-state index in [1.807, 2.05) is 13.8 Å². The second-order valence-electron chi connectivity index (χ2n) is 1.29. The first-order chi connectivity index (χ1) is 4.21. The summed E-state index contributed by atoms with van der Waals surface area (Å²) in [6, 6.07) is 0. The fraction of sp³-hybridized carbons (Fsp3) is 1.00. The van der Waals surface area contributed by atoms with Gasteiger partial charge >= 0.3 is 0 Å². The van der Waals surface area contributed by atoms with Crippen LogP contribution in [0.3, 0.4) is 0 Å². The third kappa shape index (κ3) is 3.45. The Bertz CT molecular complexity index is 140. The monoisotopic (exact) mass is 152 g/mol. The second kappa shape index (κ2) is 3.81. The lowest BCUT2D eigenvalue weighted by atomic mass is 10.7. The molecule has 0 aromatic heterocycles. The van der Waals surface area contributed by atoms with Crippen molar-refractivity contribution in [2.24, 2.45) is 0 Å². The summed E-state index contributed by atoms with van der Waals surface area (Å²) >= 11 is 0. The van der Waals surface area contributed by atoms with E-state index in [0.717, 1.165) is 0 Å². The first-order valence-corrected chi connectivity index (χ1v) is 4.43. The van der Waals surface area contributed by atoms with Gasteiger partial charge in [0.15, 0.2) is 0 Å². The van der Waals surface area contributed by atoms with Gasteiger partial charge in [0, 0.05) is 13.1 Å². The molecule has 0 amide bonds. The summed E-state index contributed by atoms with van der Waals surface area (Å²) in [6.45, 7) is 5.03. The molecule has 0 bridgehead atoms. The molecular weight excluding hydrogens is 140 g/mol. The lowest BCUT2D eigenvalue weighted by molar-refractivity contribution is 0.587. The van der Waals surface area contributed by atoms with E-state index in [-0.39, 0.29) is 0 Å². The van der Waals surface area contributed by atoms with Gasteiger partial charge in [-0.15, -0.1) is 0 Å². The van der Waals surface area contributed by atoms with Crippen LogP contribution in [0.2, 0.25) is 0 Å². The van der Waals surface area contributed by atoms with Crippen molar-refractivity contribution in [3.8, 4) is 0 Å². The number of hydrogen-bond acceptors (Lipinski definition) is 2. The molecule has 4 nitrogen and oxygen atoms in total. The van der Waals surface area contributed by atoms with E-state index < -0.39 is 10.2 Å². The number of nitrogens with one attached hydrogen (secondary N) is 2. The maximum atomic E-state index is 10.2. The van der Waals surface area contributed by atoms with Crippen LogP contribution in [-0.4, -0.2) is 21.5 Å². The summed E-state index contributed by atoms with van der Waals surface area (Å²) in [5.74, 6) is 0. The highest BCUT2D eigenvalue weighted by Gasteiger charge is 2.13. The molecule has 1 fully saturated rings. The largest absolute Gasteiger partial charge is 0.276 e. The van der Waals surface area contributed by atoms with Crippen molar-refractivity contribution in [1.82, 2.24) is 9.44 Å². The maximum absolute atomic E-state index is 10.2. The molecule has 0 spiro atoms. The Labute approximate surface area is 55.8 Å². The van der Waals surface area contributed by atoms with Crippen LogP contribution < -0.4 is 9.44 Å². The van der Waals surface area contributed by atoms with Gasteiger partial charge in [0.1, 0.15) is 0 Å². The Morgan fingerprint density at radius 3 is 1.56 bits per heavy atom. The Hall–Kier alpha value is -0.130. The molecule has 1 aliphatic heterocycles. The highest BCUT2D eigenvalue weighted by atomic mass is 32.2. The van der Waals surface area contributed by atoms with Gasteiger partial charge in [-0.05, 0) is 0 Å². The predicted octanol–water partition coefficient (Wildman–Crippen LogP) is -0.550. The van der Waals surface area contributed by atoms with E-state index >= 15 is 0 Å². The van der Waals surface area contributed by atoms with Gasteiger partial charge in [-0.1, -0.05) is 13.8 Å². The first-order valence-electron chi connectivity index (χ1n) is 2.95. The van der Waals surface area contributed by atoms with E-state index in [4.69, 9.17) is 0 Å². The second-order valence-corrected chi connectivity index (χ2v) is 2.88. The lowest BCUT2D eigenvalue weighted by Gasteiger charge is -1.85. The van der Waals surface area contributed by atoms with Crippen LogP contribution in [0.1, 0.15) is 13.8 Å². The quantitative estimate of drug-likeness (QED) is 0.489. The Morgan fingerprint density at radius 2 is 1.44 bits per heavy atom. The summed E-state index contributed by atoms with van der Waals surface area (Å²) in [5, 5.41) is 0. The summed E-state index contributed by atoms with van der Waals surface area (Å²) in [6.07, 6.45) is 0. The Kier molecular flexibility index (Phi) is 3.76. The molecular formula is C4H12N2O2S. The molecule has 56 valence electrons. The average Bonchev–Trinajstić information content (AvgIpc) is 2.19. The molecule has 0 atom stereocenters. The molecule has 0 unspecified atom stereocenters. The zero-order chi connectivity index (χ0) is 7.33. The summed E-state index contributed by atoms with van der Waals surface area (Å²) < 4.78 is 24.9. The van der Waals surface area contributed by atoms with Crippen molar-refractivity contribution in [3.63, 3.8) is 0 Å². The van der Waals surface area contributed by atoms with Gasteiger partial charge in [0.25, 0.3) is 10.2 Å². The lowest BCUT2D eigenvalue weighted by Crippen LogP contribution is -2.22. The molecule has 0 saturated carbocycles. The molecule has 0 aromatic carbocycles. The van der Waals surface area contributed by atoms with Gasteiger partial charge in [0.05, 0.1) is 0 Å². The molecule has 0 aliphatic carbocycles. The highest BCUT2D eigenvalue weighted by Crippen LogP contribution is 1.80. The van der Waals surface area contributed by atoms with Gasteiger partial charge in [-0.2, -0.15) is 8.42 Å². The average molecular weight is 152 g/mol. The molecule has 9 heavy (non-hydrogen) atoms. The van der Waals surface area contributed by atoms with Crippen LogP contribution in [0.25, 0.3) is 0 Å². The third-order valence-corrected chi connectivity index (χ3v) is 1.88. The standard InChI is InChI=1S/C2H6N2O2S.C2H6/c5-7(6)3-1-2-4-7;1-2/h3-4H,1-2H2;1-2H3. The van der Waals surface area contributed by atoms with E-state index in [1.165, 1.54) is 0 Å². The fourth-order valence-corrected chi connectivity index (χ4v) is 1.27. The molecule has 1 heterocycles. The van der Waals surface area contributed by atoms with Crippen LogP contribution in [0.5, 0.6) is 0 Å². The number of hydrogen-bond donors (Lipinski definition) is 2. The Morgan fingerprint density at radius 1 is 1.11 bits per heavy atom. The maximum Gasteiger partial charge on any atom is 0.276 e. The summed E-state index contributed by atoms with van der Waals surface area (Å²) in [7, 11) is -3.05. The minimum absolute atomic E-state index is 0.516. The molecule has 0 radical (unpaired) electrons. The minimum atomic E-state index is -3.05. The van der Waals surface area contributed by atoms with Crippen molar-refractivity contribution in [3.05, 3.63) is 0 Å². The van der Waals surface area contributed by atoms with Crippen molar-refractivity contribution in [1.29, 1.82) is 0 Å². The van der Waals surface area contributed by atoms with Crippen molar-refractivity contribution >= 4 is 10.2 Å². The van der Waals surface area contributed by atoms with Crippen LogP contribution in [-0.2, 0) is 10.2 Å². The van der Waals surface area contributed by atoms with Crippen LogP contribution in [0.4, 0.5) is 0 Å². The van der Waals surface area contributed by atoms with Crippen LogP contribution in [0, 0.1) is 0 Å². The normalized spacial score (nSPS) is 22.4. The van der Waals surface area contributed by atoms with E-state index in [1.54, 1.807) is 0 Å². The van der Waals surface area contributed by atoms with E-state index in [2.05, 4.69) is 9.44 Å². The van der Waals surface area contributed by atoms with Gasteiger partial charge in [-0.3, -0.25) is 0 Å². The molecule has 0 aromatic rings. The van der Waals surface area contributed by atoms with Gasteiger partial charge in [0.2, 0.25) is 0 Å². The molecule has 5 heteroatoms. The zero-order valence-corrected chi connectivity index (χ0v) is 6.46. The SMILES string of the molecule is CC.O=S1(=O)NCCN1. The third-order valence-electron chi connectivity index (χ3n) is 0.709. The van der Waals surface area contributed by atoms with Crippen LogP contribution in [0.15, 0.2) is 0 Å². The fourth-order valence-electron chi connectivity index (χ4n) is 0.422. The van der Waals surface area contributed by atoms with E-state index in [9.17, 15) is 8.42 Å². The molecule has 1 saturated heterocycles. The summed E-state index contributed by atoms with van der Waals surface area (Å²) in [4.78, 5) is 0. The number of rotatable bonds is 0. The first kappa shape index (κ1) is 8.87. The van der Waals surface area contributed by atoms with Crippen molar-refractivity contribution in [2.75, 3.05) is 13.1 Å². The van der Waals surface area contributed by atoms with Crippen LogP contribution >= 0.6 is 0 Å². The van der Waals surface area contributed by atoms with E-state index in [0.29, 0.717) is 13.1 Å². The predicted molar refractivity (Wildman–Crippen MR) is 36.3 cm³/mol. The minimum Gasteiger partial charge on any atom is -0.201 e. The topological polar surface area (TPSA) is 58.2 Å². The molecule has 1 aliphatic rings. The smallest absolute Gasteiger partial charge is 0.201 e. The Balaban J connectivity index is 0.000000291. The summed E-state index contributed by atoms with van der Waals surface area (Å²) in [5.41, 5.74) is 0.